The fourth-order valence-corrected chi connectivity index (χ4v) is 4.79. The smallest absolute Gasteiger partial charge is 0.226 e. The minimum absolute atomic E-state index is 0.0711. The highest BCUT2D eigenvalue weighted by atomic mass is 32.2. The third-order valence-corrected chi connectivity index (χ3v) is 6.65. The van der Waals surface area contributed by atoms with Gasteiger partial charge in [0.05, 0.1) is 12.1 Å². The number of aromatic nitrogens is 1. The van der Waals surface area contributed by atoms with Crippen LogP contribution in [0.3, 0.4) is 0 Å². The number of benzene rings is 1. The summed E-state index contributed by atoms with van der Waals surface area (Å²) < 4.78 is 1.03. The number of hydrogen-bond donors (Lipinski definition) is 1. The average Bonchev–Trinajstić information content (AvgIpc) is 3.09. The normalized spacial score (nSPS) is 14.1. The zero-order chi connectivity index (χ0) is 18.2. The standard InChI is InChI=1S/C21H26N2OS2/c1-16-7-9-18(10-8-16)14-25-21-23-19(15-26-21)13-20(24)22-12-11-17-5-3-2-4-6-17/h5,7-10,15H,2-4,6,11-14H2,1H3,(H,22,24). The summed E-state index contributed by atoms with van der Waals surface area (Å²) in [6.45, 7) is 2.84. The van der Waals surface area contributed by atoms with E-state index in [0.717, 1.165) is 28.8 Å². The fourth-order valence-electron chi connectivity index (χ4n) is 2.99. The van der Waals surface area contributed by atoms with Crippen LogP contribution in [0.4, 0.5) is 0 Å². The second kappa shape index (κ2) is 9.93. The SMILES string of the molecule is Cc1ccc(CSc2nc(CC(=O)NCCC3=CCCCC3)cs2)cc1. The van der Waals surface area contributed by atoms with Crippen LogP contribution in [0.5, 0.6) is 0 Å². The molecule has 2 aromatic rings. The lowest BCUT2D eigenvalue weighted by Gasteiger charge is -2.12. The minimum Gasteiger partial charge on any atom is -0.355 e. The second-order valence-electron chi connectivity index (χ2n) is 6.76. The molecular formula is C21H26N2OS2. The highest BCUT2D eigenvalue weighted by molar-refractivity contribution is 8.00. The Morgan fingerprint density at radius 1 is 1.27 bits per heavy atom. The van der Waals surface area contributed by atoms with E-state index >= 15 is 0 Å². The van der Waals surface area contributed by atoms with Gasteiger partial charge in [0.1, 0.15) is 4.34 Å². The molecule has 3 rings (SSSR count). The quantitative estimate of drug-likeness (QED) is 0.495. The Bertz CT molecular complexity index is 750. The van der Waals surface area contributed by atoms with Crippen LogP contribution in [0.2, 0.25) is 0 Å². The summed E-state index contributed by atoms with van der Waals surface area (Å²) in [6.07, 6.45) is 8.70. The molecular weight excluding hydrogens is 360 g/mol. The van der Waals surface area contributed by atoms with Crippen molar-refractivity contribution < 1.29 is 4.79 Å². The highest BCUT2D eigenvalue weighted by Gasteiger charge is 2.09. The molecule has 1 heterocycles. The molecule has 0 bridgehead atoms. The molecule has 0 saturated carbocycles. The summed E-state index contributed by atoms with van der Waals surface area (Å²) >= 11 is 3.36. The summed E-state index contributed by atoms with van der Waals surface area (Å²) in [7, 11) is 0. The predicted octanol–water partition coefficient (Wildman–Crippen LogP) is 5.29. The molecule has 5 heteroatoms. The van der Waals surface area contributed by atoms with Gasteiger partial charge in [-0.3, -0.25) is 4.79 Å². The maximum absolute atomic E-state index is 12.1. The third-order valence-electron chi connectivity index (χ3n) is 4.51. The molecule has 26 heavy (non-hydrogen) atoms. The first-order chi connectivity index (χ1) is 12.7. The van der Waals surface area contributed by atoms with Crippen molar-refractivity contribution in [2.24, 2.45) is 0 Å². The van der Waals surface area contributed by atoms with Gasteiger partial charge < -0.3 is 5.32 Å². The Kier molecular flexibility index (Phi) is 7.32. The van der Waals surface area contributed by atoms with Crippen LogP contribution in [-0.4, -0.2) is 17.4 Å². The number of thioether (sulfide) groups is 1. The van der Waals surface area contributed by atoms with Gasteiger partial charge in [-0.1, -0.05) is 53.2 Å². The van der Waals surface area contributed by atoms with E-state index < -0.39 is 0 Å². The van der Waals surface area contributed by atoms with Gasteiger partial charge in [0.15, 0.2) is 0 Å². The molecule has 1 aliphatic rings. The van der Waals surface area contributed by atoms with Crippen LogP contribution in [-0.2, 0) is 17.0 Å². The molecule has 1 aromatic carbocycles. The zero-order valence-electron chi connectivity index (χ0n) is 15.3. The predicted molar refractivity (Wildman–Crippen MR) is 111 cm³/mol. The molecule has 0 fully saturated rings. The monoisotopic (exact) mass is 386 g/mol. The van der Waals surface area contributed by atoms with E-state index in [0.29, 0.717) is 6.42 Å². The Morgan fingerprint density at radius 3 is 2.88 bits per heavy atom. The van der Waals surface area contributed by atoms with Crippen molar-refractivity contribution in [1.29, 1.82) is 0 Å². The summed E-state index contributed by atoms with van der Waals surface area (Å²) in [6, 6.07) is 8.59. The van der Waals surface area contributed by atoms with Crippen molar-refractivity contribution in [3.63, 3.8) is 0 Å². The van der Waals surface area contributed by atoms with Gasteiger partial charge in [-0.15, -0.1) is 11.3 Å². The number of carbonyl (C=O) groups excluding carboxylic acids is 1. The third kappa shape index (κ3) is 6.29. The van der Waals surface area contributed by atoms with Crippen LogP contribution in [0.15, 0.2) is 45.6 Å². The number of nitrogens with zero attached hydrogens (tertiary/aromatic N) is 1. The van der Waals surface area contributed by atoms with Crippen LogP contribution in [0, 0.1) is 6.92 Å². The summed E-state index contributed by atoms with van der Waals surface area (Å²) in [5, 5.41) is 5.03. The number of aryl methyl sites for hydroxylation is 1. The topological polar surface area (TPSA) is 42.0 Å². The number of rotatable bonds is 8. The summed E-state index contributed by atoms with van der Waals surface area (Å²) in [5.41, 5.74) is 4.95. The van der Waals surface area contributed by atoms with Crippen molar-refractivity contribution in [1.82, 2.24) is 10.3 Å². The van der Waals surface area contributed by atoms with E-state index in [4.69, 9.17) is 0 Å². The molecule has 0 saturated heterocycles. The van der Waals surface area contributed by atoms with E-state index in [9.17, 15) is 4.79 Å². The Balaban J connectivity index is 1.39. The van der Waals surface area contributed by atoms with E-state index in [1.807, 2.05) is 5.38 Å². The Labute approximate surface area is 164 Å². The van der Waals surface area contributed by atoms with Crippen molar-refractivity contribution in [2.75, 3.05) is 6.54 Å². The highest BCUT2D eigenvalue weighted by Crippen LogP contribution is 2.26. The van der Waals surface area contributed by atoms with Crippen molar-refractivity contribution >= 4 is 29.0 Å². The fraction of sp³-hybridized carbons (Fsp3) is 0.429. The Hall–Kier alpha value is -1.59. The van der Waals surface area contributed by atoms with Crippen LogP contribution in [0.25, 0.3) is 0 Å². The zero-order valence-corrected chi connectivity index (χ0v) is 16.9. The lowest BCUT2D eigenvalue weighted by atomic mass is 9.97. The molecule has 0 unspecified atom stereocenters. The number of carbonyl (C=O) groups is 1. The molecule has 1 N–H and O–H groups in total. The molecule has 1 aromatic heterocycles. The van der Waals surface area contributed by atoms with Crippen LogP contribution < -0.4 is 5.32 Å². The van der Waals surface area contributed by atoms with E-state index in [1.54, 1.807) is 23.1 Å². The summed E-state index contributed by atoms with van der Waals surface area (Å²) in [5.74, 6) is 0.982. The molecule has 0 aliphatic heterocycles. The molecule has 1 aliphatic carbocycles. The van der Waals surface area contributed by atoms with Crippen molar-refractivity contribution in [3.05, 3.63) is 58.1 Å². The maximum atomic E-state index is 12.1. The number of allylic oxidation sites excluding steroid dienone is 1. The lowest BCUT2D eigenvalue weighted by molar-refractivity contribution is -0.120. The van der Waals surface area contributed by atoms with Crippen LogP contribution in [0.1, 0.15) is 48.9 Å². The summed E-state index contributed by atoms with van der Waals surface area (Å²) in [4.78, 5) is 16.7. The molecule has 0 atom stereocenters. The number of amides is 1. The minimum atomic E-state index is 0.0711. The molecule has 0 radical (unpaired) electrons. The maximum Gasteiger partial charge on any atom is 0.226 e. The Morgan fingerprint density at radius 2 is 2.12 bits per heavy atom. The average molecular weight is 387 g/mol. The largest absolute Gasteiger partial charge is 0.355 e. The van der Waals surface area contributed by atoms with Crippen molar-refractivity contribution in [3.8, 4) is 0 Å². The lowest BCUT2D eigenvalue weighted by Crippen LogP contribution is -2.26. The molecule has 0 spiro atoms. The number of nitrogens with one attached hydrogen (secondary N) is 1. The van der Waals surface area contributed by atoms with E-state index in [1.165, 1.54) is 42.4 Å². The first-order valence-electron chi connectivity index (χ1n) is 9.26. The molecule has 138 valence electrons. The molecule has 1 amide bonds. The molecule has 3 nitrogen and oxygen atoms in total. The second-order valence-corrected chi connectivity index (χ2v) is 8.84. The number of thiazole rings is 1. The first-order valence-corrected chi connectivity index (χ1v) is 11.1. The van der Waals surface area contributed by atoms with Gasteiger partial charge in [-0.2, -0.15) is 0 Å². The van der Waals surface area contributed by atoms with Gasteiger partial charge in [-0.05, 0) is 44.6 Å². The van der Waals surface area contributed by atoms with E-state index in [2.05, 4.69) is 47.6 Å². The number of hydrogen-bond acceptors (Lipinski definition) is 4. The van der Waals surface area contributed by atoms with Gasteiger partial charge in [-0.25, -0.2) is 4.98 Å². The van der Waals surface area contributed by atoms with Crippen molar-refractivity contribution in [2.45, 2.75) is 55.5 Å². The van der Waals surface area contributed by atoms with Gasteiger partial charge in [0.2, 0.25) is 5.91 Å². The van der Waals surface area contributed by atoms with E-state index in [-0.39, 0.29) is 5.91 Å². The van der Waals surface area contributed by atoms with Gasteiger partial charge >= 0.3 is 0 Å². The first kappa shape index (κ1) is 19.2. The van der Waals surface area contributed by atoms with Gasteiger partial charge in [0, 0.05) is 17.7 Å². The van der Waals surface area contributed by atoms with Gasteiger partial charge in [0.25, 0.3) is 0 Å². The van der Waals surface area contributed by atoms with Crippen LogP contribution >= 0.6 is 23.1 Å².